The molecular formula is C15H23ClFN. The third-order valence-electron chi connectivity index (χ3n) is 3.05. The molecule has 102 valence electrons. The van der Waals surface area contributed by atoms with Crippen LogP contribution < -0.4 is 5.32 Å². The summed E-state index contributed by atoms with van der Waals surface area (Å²) in [5.74, 6) is 0.366. The van der Waals surface area contributed by atoms with Crippen molar-refractivity contribution < 1.29 is 4.39 Å². The Morgan fingerprint density at radius 3 is 2.56 bits per heavy atom. The lowest BCUT2D eigenvalue weighted by Crippen LogP contribution is -2.31. The van der Waals surface area contributed by atoms with E-state index in [1.807, 2.05) is 6.07 Å². The van der Waals surface area contributed by atoms with Crippen LogP contribution in [0.2, 0.25) is 5.02 Å². The summed E-state index contributed by atoms with van der Waals surface area (Å²) in [6.07, 6.45) is 3.24. The molecule has 0 saturated carbocycles. The molecule has 0 aliphatic rings. The van der Waals surface area contributed by atoms with Gasteiger partial charge >= 0.3 is 0 Å². The van der Waals surface area contributed by atoms with Gasteiger partial charge in [-0.25, -0.2) is 4.39 Å². The highest BCUT2D eigenvalue weighted by Crippen LogP contribution is 2.18. The molecular weight excluding hydrogens is 249 g/mol. The molecule has 1 unspecified atom stereocenters. The first-order valence-corrected chi connectivity index (χ1v) is 7.08. The lowest BCUT2D eigenvalue weighted by molar-refractivity contribution is 0.434. The van der Waals surface area contributed by atoms with Crippen molar-refractivity contribution >= 4 is 11.6 Å². The fourth-order valence-electron chi connectivity index (χ4n) is 2.05. The van der Waals surface area contributed by atoms with Crippen LogP contribution >= 0.6 is 11.6 Å². The van der Waals surface area contributed by atoms with Crippen molar-refractivity contribution in [3.63, 3.8) is 0 Å². The van der Waals surface area contributed by atoms with Crippen molar-refractivity contribution in [2.24, 2.45) is 5.92 Å². The summed E-state index contributed by atoms with van der Waals surface area (Å²) in [5, 5.41) is 3.70. The minimum absolute atomic E-state index is 0.214. The average Bonchev–Trinajstić information content (AvgIpc) is 2.31. The Hall–Kier alpha value is -0.600. The molecule has 0 fully saturated rings. The van der Waals surface area contributed by atoms with Crippen LogP contribution in [0.25, 0.3) is 0 Å². The molecule has 0 amide bonds. The molecule has 0 aliphatic heterocycles. The molecule has 1 atom stereocenters. The van der Waals surface area contributed by atoms with Crippen molar-refractivity contribution in [2.45, 2.75) is 46.1 Å². The zero-order valence-electron chi connectivity index (χ0n) is 11.5. The van der Waals surface area contributed by atoms with E-state index >= 15 is 0 Å². The van der Waals surface area contributed by atoms with Crippen LogP contribution in [0.4, 0.5) is 4.39 Å². The Balaban J connectivity index is 2.61. The normalized spacial score (nSPS) is 13.0. The average molecular weight is 272 g/mol. The minimum atomic E-state index is -0.345. The van der Waals surface area contributed by atoms with Crippen molar-refractivity contribution in [2.75, 3.05) is 6.54 Å². The van der Waals surface area contributed by atoms with E-state index < -0.39 is 0 Å². The highest BCUT2D eigenvalue weighted by atomic mass is 35.5. The minimum Gasteiger partial charge on any atom is -0.314 e. The third-order valence-corrected chi connectivity index (χ3v) is 3.34. The Bertz CT molecular complexity index is 366. The molecule has 18 heavy (non-hydrogen) atoms. The number of benzene rings is 1. The fraction of sp³-hybridized carbons (Fsp3) is 0.600. The van der Waals surface area contributed by atoms with Crippen LogP contribution in [0, 0.1) is 11.7 Å². The van der Waals surface area contributed by atoms with E-state index in [0.29, 0.717) is 12.0 Å². The molecule has 1 aromatic carbocycles. The van der Waals surface area contributed by atoms with Gasteiger partial charge in [0.1, 0.15) is 5.82 Å². The number of halogens is 2. The Morgan fingerprint density at radius 1 is 1.28 bits per heavy atom. The first-order valence-electron chi connectivity index (χ1n) is 6.70. The molecule has 1 aromatic rings. The molecule has 0 radical (unpaired) electrons. The van der Waals surface area contributed by atoms with E-state index in [2.05, 4.69) is 26.1 Å². The number of hydrogen-bond acceptors (Lipinski definition) is 1. The highest BCUT2D eigenvalue weighted by Gasteiger charge is 2.10. The number of likely N-dealkylation sites (N-methyl/N-ethyl adjacent to an activating group) is 1. The van der Waals surface area contributed by atoms with Crippen LogP contribution in [0.1, 0.15) is 39.2 Å². The van der Waals surface area contributed by atoms with Gasteiger partial charge in [0.15, 0.2) is 0 Å². The maximum atomic E-state index is 13.1. The van der Waals surface area contributed by atoms with Crippen molar-refractivity contribution in [1.29, 1.82) is 0 Å². The van der Waals surface area contributed by atoms with Gasteiger partial charge in [0, 0.05) is 6.04 Å². The lowest BCUT2D eigenvalue weighted by Gasteiger charge is -2.19. The second kappa shape index (κ2) is 7.75. The van der Waals surface area contributed by atoms with E-state index in [1.165, 1.54) is 12.5 Å². The Kier molecular flexibility index (Phi) is 6.66. The summed E-state index contributed by atoms with van der Waals surface area (Å²) in [4.78, 5) is 0. The van der Waals surface area contributed by atoms with Crippen molar-refractivity contribution in [1.82, 2.24) is 5.32 Å². The molecule has 0 heterocycles. The smallest absolute Gasteiger partial charge is 0.141 e. The lowest BCUT2D eigenvalue weighted by atomic mass is 9.98. The van der Waals surface area contributed by atoms with Gasteiger partial charge in [0.2, 0.25) is 0 Å². The molecule has 1 rings (SSSR count). The molecule has 0 saturated heterocycles. The predicted octanol–water partition coefficient (Wildman–Crippen LogP) is 4.44. The molecule has 0 aromatic heterocycles. The van der Waals surface area contributed by atoms with Crippen molar-refractivity contribution in [3.8, 4) is 0 Å². The summed E-state index contributed by atoms with van der Waals surface area (Å²) in [6.45, 7) is 7.53. The van der Waals surface area contributed by atoms with Gasteiger partial charge in [-0.1, -0.05) is 38.4 Å². The van der Waals surface area contributed by atoms with E-state index in [9.17, 15) is 4.39 Å². The van der Waals surface area contributed by atoms with Crippen LogP contribution in [0.15, 0.2) is 18.2 Å². The van der Waals surface area contributed by atoms with Crippen LogP contribution in [-0.2, 0) is 6.42 Å². The predicted molar refractivity (Wildman–Crippen MR) is 76.7 cm³/mol. The summed E-state index contributed by atoms with van der Waals surface area (Å²) in [6, 6.07) is 5.44. The quantitative estimate of drug-likeness (QED) is 0.773. The van der Waals surface area contributed by atoms with Gasteiger partial charge in [-0.05, 0) is 49.4 Å². The maximum Gasteiger partial charge on any atom is 0.141 e. The molecule has 1 nitrogen and oxygen atoms in total. The second-order valence-corrected chi connectivity index (χ2v) is 5.59. The van der Waals surface area contributed by atoms with Crippen molar-refractivity contribution in [3.05, 3.63) is 34.6 Å². The molecule has 3 heteroatoms. The summed E-state index contributed by atoms with van der Waals surface area (Å²) >= 11 is 5.81. The Morgan fingerprint density at radius 2 is 2.00 bits per heavy atom. The van der Waals surface area contributed by atoms with E-state index in [-0.39, 0.29) is 10.8 Å². The SMILES string of the molecule is CCNC(CCC(C)C)Cc1ccc(F)c(Cl)c1. The maximum absolute atomic E-state index is 13.1. The first-order chi connectivity index (χ1) is 8.52. The summed E-state index contributed by atoms with van der Waals surface area (Å²) in [5.41, 5.74) is 1.09. The monoisotopic (exact) mass is 271 g/mol. The van der Waals surface area contributed by atoms with Gasteiger partial charge in [-0.3, -0.25) is 0 Å². The summed E-state index contributed by atoms with van der Waals surface area (Å²) < 4.78 is 13.1. The van der Waals surface area contributed by atoms with Gasteiger partial charge in [-0.15, -0.1) is 0 Å². The number of rotatable bonds is 7. The number of nitrogens with one attached hydrogen (secondary N) is 1. The van der Waals surface area contributed by atoms with E-state index in [0.717, 1.165) is 24.9 Å². The molecule has 1 N–H and O–H groups in total. The van der Waals surface area contributed by atoms with Gasteiger partial charge in [-0.2, -0.15) is 0 Å². The molecule has 0 bridgehead atoms. The van der Waals surface area contributed by atoms with Gasteiger partial charge in [0.25, 0.3) is 0 Å². The first kappa shape index (κ1) is 15.5. The fourth-order valence-corrected chi connectivity index (χ4v) is 2.25. The largest absolute Gasteiger partial charge is 0.314 e. The summed E-state index contributed by atoms with van der Waals surface area (Å²) in [7, 11) is 0. The zero-order chi connectivity index (χ0) is 13.5. The standard InChI is InChI=1S/C15H23ClFN/c1-4-18-13(7-5-11(2)3)9-12-6-8-15(17)14(16)10-12/h6,8,10-11,13,18H,4-5,7,9H2,1-3H3. The van der Waals surface area contributed by atoms with Gasteiger partial charge in [0.05, 0.1) is 5.02 Å². The number of hydrogen-bond donors (Lipinski definition) is 1. The van der Waals surface area contributed by atoms with Gasteiger partial charge < -0.3 is 5.32 Å². The second-order valence-electron chi connectivity index (χ2n) is 5.18. The molecule has 0 aliphatic carbocycles. The van der Waals surface area contributed by atoms with Crippen LogP contribution in [0.3, 0.4) is 0 Å². The van der Waals surface area contributed by atoms with E-state index in [1.54, 1.807) is 6.07 Å². The van der Waals surface area contributed by atoms with E-state index in [4.69, 9.17) is 11.6 Å². The topological polar surface area (TPSA) is 12.0 Å². The molecule has 0 spiro atoms. The van der Waals surface area contributed by atoms with Crippen LogP contribution in [-0.4, -0.2) is 12.6 Å². The Labute approximate surface area is 115 Å². The van der Waals surface area contributed by atoms with Crippen LogP contribution in [0.5, 0.6) is 0 Å². The third kappa shape index (κ3) is 5.36. The zero-order valence-corrected chi connectivity index (χ0v) is 12.2. The highest BCUT2D eigenvalue weighted by molar-refractivity contribution is 6.30.